The number of rotatable bonds is 2. The molecule has 1 atom stereocenters. The summed E-state index contributed by atoms with van der Waals surface area (Å²) in [4.78, 5) is 12.8. The molecule has 0 amide bonds. The van der Waals surface area contributed by atoms with Crippen molar-refractivity contribution in [1.82, 2.24) is 10.2 Å². The average Bonchev–Trinajstić information content (AvgIpc) is 2.30. The molecule has 1 N–H and O–H groups in total. The lowest BCUT2D eigenvalue weighted by atomic mass is 9.98. The minimum absolute atomic E-state index is 0.277. The summed E-state index contributed by atoms with van der Waals surface area (Å²) in [7, 11) is 0. The standard InChI is InChI=1S/C10H13N3O2/c14-10(15)8-3-2-6-13(7-8)9-4-1-5-11-12-9/h1,4-5,8H,2-3,6-7H2,(H,14,15)/t8-/m1/s1. The zero-order chi connectivity index (χ0) is 10.7. The van der Waals surface area contributed by atoms with Gasteiger partial charge in [-0.3, -0.25) is 4.79 Å². The first-order valence-electron chi connectivity index (χ1n) is 5.03. The van der Waals surface area contributed by atoms with Crippen LogP contribution in [0.3, 0.4) is 0 Å². The van der Waals surface area contributed by atoms with Gasteiger partial charge in [0.2, 0.25) is 0 Å². The molecule has 2 heterocycles. The fourth-order valence-electron chi connectivity index (χ4n) is 1.85. The van der Waals surface area contributed by atoms with Crippen LogP contribution in [-0.2, 0) is 4.79 Å². The number of aromatic nitrogens is 2. The SMILES string of the molecule is O=C(O)[C@@H]1CCCN(c2cccnn2)C1. The lowest BCUT2D eigenvalue weighted by Crippen LogP contribution is -2.39. The molecule has 1 aliphatic heterocycles. The summed E-state index contributed by atoms with van der Waals surface area (Å²) >= 11 is 0. The van der Waals surface area contributed by atoms with E-state index >= 15 is 0 Å². The van der Waals surface area contributed by atoms with Crippen molar-refractivity contribution < 1.29 is 9.90 Å². The molecule has 0 saturated carbocycles. The Balaban J connectivity index is 2.08. The third-order valence-electron chi connectivity index (χ3n) is 2.65. The smallest absolute Gasteiger partial charge is 0.308 e. The molecule has 5 heteroatoms. The monoisotopic (exact) mass is 207 g/mol. The van der Waals surface area contributed by atoms with Gasteiger partial charge in [-0.1, -0.05) is 0 Å². The third-order valence-corrected chi connectivity index (χ3v) is 2.65. The minimum atomic E-state index is -0.719. The van der Waals surface area contributed by atoms with Crippen molar-refractivity contribution >= 4 is 11.8 Å². The van der Waals surface area contributed by atoms with Crippen molar-refractivity contribution in [3.63, 3.8) is 0 Å². The molecule has 0 unspecified atom stereocenters. The molecule has 0 aliphatic carbocycles. The van der Waals surface area contributed by atoms with Crippen LogP contribution in [0, 0.1) is 5.92 Å². The van der Waals surface area contributed by atoms with Gasteiger partial charge in [0.05, 0.1) is 5.92 Å². The topological polar surface area (TPSA) is 66.3 Å². The number of carboxylic acid groups (broad SMARTS) is 1. The van der Waals surface area contributed by atoms with Gasteiger partial charge >= 0.3 is 5.97 Å². The predicted molar refractivity (Wildman–Crippen MR) is 54.6 cm³/mol. The lowest BCUT2D eigenvalue weighted by Gasteiger charge is -2.31. The van der Waals surface area contributed by atoms with Crippen LogP contribution >= 0.6 is 0 Å². The number of aliphatic carboxylic acids is 1. The van der Waals surface area contributed by atoms with Crippen LogP contribution < -0.4 is 4.90 Å². The van der Waals surface area contributed by atoms with Crippen LogP contribution in [0.15, 0.2) is 18.3 Å². The maximum Gasteiger partial charge on any atom is 0.308 e. The van der Waals surface area contributed by atoms with Crippen molar-refractivity contribution in [3.05, 3.63) is 18.3 Å². The summed E-state index contributed by atoms with van der Waals surface area (Å²) in [6.07, 6.45) is 3.27. The minimum Gasteiger partial charge on any atom is -0.481 e. The molecule has 0 aromatic carbocycles. The largest absolute Gasteiger partial charge is 0.481 e. The molecular weight excluding hydrogens is 194 g/mol. The van der Waals surface area contributed by atoms with Crippen molar-refractivity contribution in [2.45, 2.75) is 12.8 Å². The molecular formula is C10H13N3O2. The lowest BCUT2D eigenvalue weighted by molar-refractivity contribution is -0.141. The maximum atomic E-state index is 10.9. The Bertz CT molecular complexity index is 342. The van der Waals surface area contributed by atoms with Crippen LogP contribution in [0.25, 0.3) is 0 Å². The van der Waals surface area contributed by atoms with Gasteiger partial charge in [0, 0.05) is 19.3 Å². The van der Waals surface area contributed by atoms with Gasteiger partial charge in [-0.2, -0.15) is 5.10 Å². The number of hydrogen-bond acceptors (Lipinski definition) is 4. The van der Waals surface area contributed by atoms with E-state index in [1.165, 1.54) is 0 Å². The molecule has 80 valence electrons. The summed E-state index contributed by atoms with van der Waals surface area (Å²) < 4.78 is 0. The van der Waals surface area contributed by atoms with E-state index in [4.69, 9.17) is 5.11 Å². The van der Waals surface area contributed by atoms with Gasteiger partial charge in [-0.05, 0) is 25.0 Å². The van der Waals surface area contributed by atoms with E-state index < -0.39 is 5.97 Å². The van der Waals surface area contributed by atoms with E-state index in [0.717, 1.165) is 25.2 Å². The van der Waals surface area contributed by atoms with Crippen molar-refractivity contribution in [1.29, 1.82) is 0 Å². The first kappa shape index (κ1) is 9.89. The molecule has 2 rings (SSSR count). The molecule has 1 aromatic rings. The molecule has 5 nitrogen and oxygen atoms in total. The van der Waals surface area contributed by atoms with Crippen molar-refractivity contribution in [3.8, 4) is 0 Å². The van der Waals surface area contributed by atoms with Crippen LogP contribution in [0.5, 0.6) is 0 Å². The van der Waals surface area contributed by atoms with E-state index in [9.17, 15) is 4.79 Å². The average molecular weight is 207 g/mol. The highest BCUT2D eigenvalue weighted by Gasteiger charge is 2.25. The van der Waals surface area contributed by atoms with Gasteiger partial charge < -0.3 is 10.0 Å². The van der Waals surface area contributed by atoms with Gasteiger partial charge in [0.15, 0.2) is 5.82 Å². The summed E-state index contributed by atoms with van der Waals surface area (Å²) in [6, 6.07) is 3.67. The van der Waals surface area contributed by atoms with Crippen LogP contribution in [-0.4, -0.2) is 34.4 Å². The van der Waals surface area contributed by atoms with Crippen molar-refractivity contribution in [2.75, 3.05) is 18.0 Å². The number of hydrogen-bond donors (Lipinski definition) is 1. The number of anilines is 1. The Morgan fingerprint density at radius 1 is 1.60 bits per heavy atom. The van der Waals surface area contributed by atoms with Gasteiger partial charge in [-0.25, -0.2) is 0 Å². The fourth-order valence-corrected chi connectivity index (χ4v) is 1.85. The van der Waals surface area contributed by atoms with E-state index in [2.05, 4.69) is 10.2 Å². The molecule has 0 bridgehead atoms. The fraction of sp³-hybridized carbons (Fsp3) is 0.500. The van der Waals surface area contributed by atoms with Crippen LogP contribution in [0.1, 0.15) is 12.8 Å². The second-order valence-electron chi connectivity index (χ2n) is 3.71. The highest BCUT2D eigenvalue weighted by Crippen LogP contribution is 2.20. The van der Waals surface area contributed by atoms with E-state index in [1.54, 1.807) is 6.20 Å². The Kier molecular flexibility index (Phi) is 2.80. The highest BCUT2D eigenvalue weighted by molar-refractivity contribution is 5.71. The van der Waals surface area contributed by atoms with E-state index in [-0.39, 0.29) is 5.92 Å². The Morgan fingerprint density at radius 2 is 2.47 bits per heavy atom. The Hall–Kier alpha value is -1.65. The van der Waals surface area contributed by atoms with E-state index in [1.807, 2.05) is 17.0 Å². The Labute approximate surface area is 87.7 Å². The maximum absolute atomic E-state index is 10.9. The van der Waals surface area contributed by atoms with Crippen LogP contribution in [0.4, 0.5) is 5.82 Å². The van der Waals surface area contributed by atoms with Gasteiger partial charge in [-0.15, -0.1) is 5.10 Å². The summed E-state index contributed by atoms with van der Waals surface area (Å²) in [5.74, 6) is -0.229. The summed E-state index contributed by atoms with van der Waals surface area (Å²) in [5, 5.41) is 16.7. The summed E-state index contributed by atoms with van der Waals surface area (Å²) in [6.45, 7) is 1.40. The summed E-state index contributed by atoms with van der Waals surface area (Å²) in [5.41, 5.74) is 0. The predicted octanol–water partition coefficient (Wildman–Crippen LogP) is 0.778. The number of piperidine rings is 1. The Morgan fingerprint density at radius 3 is 3.13 bits per heavy atom. The molecule has 1 aliphatic rings. The molecule has 1 fully saturated rings. The second kappa shape index (κ2) is 4.25. The zero-order valence-corrected chi connectivity index (χ0v) is 8.33. The highest BCUT2D eigenvalue weighted by atomic mass is 16.4. The number of carboxylic acids is 1. The molecule has 0 spiro atoms. The van der Waals surface area contributed by atoms with Crippen LogP contribution in [0.2, 0.25) is 0 Å². The van der Waals surface area contributed by atoms with Gasteiger partial charge in [0.25, 0.3) is 0 Å². The molecule has 0 radical (unpaired) electrons. The molecule has 15 heavy (non-hydrogen) atoms. The number of carbonyl (C=O) groups is 1. The van der Waals surface area contributed by atoms with E-state index in [0.29, 0.717) is 6.54 Å². The third kappa shape index (κ3) is 2.23. The van der Waals surface area contributed by atoms with Crippen molar-refractivity contribution in [2.24, 2.45) is 5.92 Å². The molecule has 1 aromatic heterocycles. The first-order chi connectivity index (χ1) is 7.27. The zero-order valence-electron chi connectivity index (χ0n) is 8.33. The number of nitrogens with zero attached hydrogens (tertiary/aromatic N) is 3. The first-order valence-corrected chi connectivity index (χ1v) is 5.03. The molecule has 1 saturated heterocycles. The quantitative estimate of drug-likeness (QED) is 0.776. The van der Waals surface area contributed by atoms with Gasteiger partial charge in [0.1, 0.15) is 0 Å². The normalized spacial score (nSPS) is 21.3. The second-order valence-corrected chi connectivity index (χ2v) is 3.71.